The van der Waals surface area contributed by atoms with Crippen LogP contribution in [0.4, 0.5) is 4.39 Å². The summed E-state index contributed by atoms with van der Waals surface area (Å²) in [4.78, 5) is 10.9. The van der Waals surface area contributed by atoms with Crippen molar-refractivity contribution >= 4 is 5.78 Å². The van der Waals surface area contributed by atoms with Crippen molar-refractivity contribution in [3.8, 4) is 0 Å². The number of carbonyl (C=O) groups excluding carboxylic acids is 1. The number of alkyl halides is 1. The van der Waals surface area contributed by atoms with Crippen molar-refractivity contribution in [2.75, 3.05) is 13.3 Å². The maximum atomic E-state index is 11.8. The van der Waals surface area contributed by atoms with Crippen LogP contribution in [0.15, 0.2) is 0 Å². The van der Waals surface area contributed by atoms with Gasteiger partial charge in [-0.2, -0.15) is 0 Å². The summed E-state index contributed by atoms with van der Waals surface area (Å²) >= 11 is 0. The zero-order valence-corrected chi connectivity index (χ0v) is 7.25. The van der Waals surface area contributed by atoms with Crippen LogP contribution in [0, 0.1) is 0 Å². The second-order valence-corrected chi connectivity index (χ2v) is 2.76. The van der Waals surface area contributed by atoms with Crippen molar-refractivity contribution in [2.24, 2.45) is 0 Å². The summed E-state index contributed by atoms with van der Waals surface area (Å²) in [5.74, 6) is -1.34. The number of ketones is 1. The van der Waals surface area contributed by atoms with E-state index in [-0.39, 0.29) is 0 Å². The molecule has 0 heterocycles. The largest absolute Gasteiger partial charge is 0.394 e. The molecule has 7 heteroatoms. The van der Waals surface area contributed by atoms with Gasteiger partial charge >= 0.3 is 0 Å². The van der Waals surface area contributed by atoms with Crippen LogP contribution in [0.2, 0.25) is 0 Å². The molecule has 1 unspecified atom stereocenters. The van der Waals surface area contributed by atoms with Gasteiger partial charge in [-0.25, -0.2) is 4.39 Å². The van der Waals surface area contributed by atoms with Gasteiger partial charge in [0.1, 0.15) is 31.1 Å². The van der Waals surface area contributed by atoms with E-state index in [9.17, 15) is 9.18 Å². The summed E-state index contributed by atoms with van der Waals surface area (Å²) in [6, 6.07) is 0. The summed E-state index contributed by atoms with van der Waals surface area (Å²) in [5.41, 5.74) is 0. The van der Waals surface area contributed by atoms with E-state index in [1.165, 1.54) is 0 Å². The Morgan fingerprint density at radius 1 is 1.07 bits per heavy atom. The number of aliphatic hydroxyl groups excluding tert-OH is 5. The average Bonchev–Trinajstić information content (AvgIpc) is 2.23. The van der Waals surface area contributed by atoms with Crippen LogP contribution in [0.5, 0.6) is 0 Å². The molecule has 0 rings (SSSR count). The van der Waals surface area contributed by atoms with Gasteiger partial charge in [-0.1, -0.05) is 0 Å². The van der Waals surface area contributed by atoms with Crippen molar-refractivity contribution in [2.45, 2.75) is 24.4 Å². The molecular weight excluding hydrogens is 199 g/mol. The number of halogens is 1. The first-order valence-electron chi connectivity index (χ1n) is 3.88. The van der Waals surface area contributed by atoms with Crippen molar-refractivity contribution in [1.29, 1.82) is 0 Å². The monoisotopic (exact) mass is 212 g/mol. The maximum Gasteiger partial charge on any atom is 0.195 e. The second-order valence-electron chi connectivity index (χ2n) is 2.76. The van der Waals surface area contributed by atoms with Gasteiger partial charge in [0.2, 0.25) is 0 Å². The zero-order valence-electron chi connectivity index (χ0n) is 7.25. The van der Waals surface area contributed by atoms with Crippen LogP contribution < -0.4 is 0 Å². The normalized spacial score (nSPS) is 19.9. The van der Waals surface area contributed by atoms with Gasteiger partial charge in [0.15, 0.2) is 5.78 Å². The van der Waals surface area contributed by atoms with Crippen LogP contribution in [-0.2, 0) is 4.79 Å². The zero-order chi connectivity index (χ0) is 11.3. The third kappa shape index (κ3) is 3.28. The lowest BCUT2D eigenvalue weighted by Crippen LogP contribution is -2.47. The number of Topliss-reactive ketones (excluding diaryl/α,β-unsaturated/α-hetero) is 1. The summed E-state index contributed by atoms with van der Waals surface area (Å²) < 4.78 is 11.8. The fraction of sp³-hybridized carbons (Fsp3) is 0.857. The molecule has 84 valence electrons. The highest BCUT2D eigenvalue weighted by Crippen LogP contribution is 2.03. The Morgan fingerprint density at radius 2 is 1.50 bits per heavy atom. The van der Waals surface area contributed by atoms with Crippen LogP contribution in [-0.4, -0.2) is 69.0 Å². The van der Waals surface area contributed by atoms with E-state index in [0.29, 0.717) is 0 Å². The fourth-order valence-electron chi connectivity index (χ4n) is 0.738. The van der Waals surface area contributed by atoms with Gasteiger partial charge in [-0.15, -0.1) is 0 Å². The van der Waals surface area contributed by atoms with Gasteiger partial charge in [-0.3, -0.25) is 4.79 Å². The Bertz CT molecular complexity index is 169. The molecular formula is C7H13FO6. The summed E-state index contributed by atoms with van der Waals surface area (Å²) in [6.07, 6.45) is -7.86. The Balaban J connectivity index is 4.31. The molecule has 0 radical (unpaired) electrons. The number of carbonyl (C=O) groups is 1. The highest BCUT2D eigenvalue weighted by atomic mass is 19.1. The molecule has 0 aromatic rings. The van der Waals surface area contributed by atoms with E-state index in [1.54, 1.807) is 0 Å². The van der Waals surface area contributed by atoms with Crippen LogP contribution in [0.1, 0.15) is 0 Å². The lowest BCUT2D eigenvalue weighted by molar-refractivity contribution is -0.149. The lowest BCUT2D eigenvalue weighted by atomic mass is 10.0. The van der Waals surface area contributed by atoms with Gasteiger partial charge in [0.05, 0.1) is 6.61 Å². The van der Waals surface area contributed by atoms with Crippen molar-refractivity contribution in [3.05, 3.63) is 0 Å². The number of rotatable bonds is 6. The van der Waals surface area contributed by atoms with Crippen molar-refractivity contribution < 1.29 is 34.7 Å². The molecule has 0 aliphatic heterocycles. The predicted molar refractivity (Wildman–Crippen MR) is 42.1 cm³/mol. The molecule has 14 heavy (non-hydrogen) atoms. The molecule has 4 atom stereocenters. The number of hydrogen-bond donors (Lipinski definition) is 5. The molecule has 0 aliphatic carbocycles. The molecule has 5 N–H and O–H groups in total. The number of aliphatic hydroxyl groups is 5. The molecule has 0 fully saturated rings. The number of hydrogen-bond acceptors (Lipinski definition) is 6. The van der Waals surface area contributed by atoms with Crippen molar-refractivity contribution in [1.82, 2.24) is 0 Å². The van der Waals surface area contributed by atoms with E-state index in [1.807, 2.05) is 0 Å². The highest BCUT2D eigenvalue weighted by Gasteiger charge is 2.33. The first-order chi connectivity index (χ1) is 6.45. The molecule has 0 aromatic carbocycles. The Morgan fingerprint density at radius 3 is 1.86 bits per heavy atom. The minimum absolute atomic E-state index is 0.884. The summed E-state index contributed by atoms with van der Waals surface area (Å²) in [7, 11) is 0. The SMILES string of the molecule is O=C([C@H](O)C(O)CO)[C@H](O)[C@H](O)CF. The van der Waals surface area contributed by atoms with Crippen LogP contribution >= 0.6 is 0 Å². The minimum Gasteiger partial charge on any atom is -0.394 e. The Labute approximate surface area is 79.2 Å². The maximum absolute atomic E-state index is 11.8. The Hall–Kier alpha value is -0.600. The first-order valence-corrected chi connectivity index (χ1v) is 3.88. The molecule has 0 saturated heterocycles. The molecule has 0 saturated carbocycles. The van der Waals surface area contributed by atoms with Gasteiger partial charge < -0.3 is 25.5 Å². The topological polar surface area (TPSA) is 118 Å². The van der Waals surface area contributed by atoms with Gasteiger partial charge in [0, 0.05) is 0 Å². The van der Waals surface area contributed by atoms with Gasteiger partial charge in [0.25, 0.3) is 0 Å². The molecule has 6 nitrogen and oxygen atoms in total. The molecule has 0 aliphatic rings. The van der Waals surface area contributed by atoms with E-state index in [0.717, 1.165) is 0 Å². The third-order valence-corrected chi connectivity index (χ3v) is 1.66. The average molecular weight is 212 g/mol. The minimum atomic E-state index is -2.11. The third-order valence-electron chi connectivity index (χ3n) is 1.66. The molecule has 0 bridgehead atoms. The van der Waals surface area contributed by atoms with Crippen LogP contribution in [0.25, 0.3) is 0 Å². The fourth-order valence-corrected chi connectivity index (χ4v) is 0.738. The lowest BCUT2D eigenvalue weighted by Gasteiger charge is -2.19. The first kappa shape index (κ1) is 13.4. The van der Waals surface area contributed by atoms with E-state index >= 15 is 0 Å². The molecule has 0 aromatic heterocycles. The molecule has 0 spiro atoms. The predicted octanol–water partition coefficient (Wildman–Crippen LogP) is -3.04. The van der Waals surface area contributed by atoms with E-state index in [4.69, 9.17) is 25.5 Å². The quantitative estimate of drug-likeness (QED) is 0.319. The Kier molecular flexibility index (Phi) is 5.73. The standard InChI is InChI=1S/C7H13FO6/c8-1-3(10)5(12)7(14)6(13)4(11)2-9/h3-6,9-13H,1-2H2/t3-,4?,5-,6-/m1/s1. The second kappa shape index (κ2) is 5.99. The van der Waals surface area contributed by atoms with E-state index in [2.05, 4.69) is 0 Å². The summed E-state index contributed by atoms with van der Waals surface area (Å²) in [6.45, 7) is -2.24. The van der Waals surface area contributed by atoms with E-state index < -0.39 is 43.5 Å². The summed E-state index contributed by atoms with van der Waals surface area (Å²) in [5, 5.41) is 43.7. The van der Waals surface area contributed by atoms with Crippen molar-refractivity contribution in [3.63, 3.8) is 0 Å². The van der Waals surface area contributed by atoms with Gasteiger partial charge in [-0.05, 0) is 0 Å². The highest BCUT2D eigenvalue weighted by molar-refractivity contribution is 5.88. The molecule has 0 amide bonds. The smallest absolute Gasteiger partial charge is 0.195 e. The van der Waals surface area contributed by atoms with Crippen LogP contribution in [0.3, 0.4) is 0 Å².